The zero-order valence-corrected chi connectivity index (χ0v) is 26.8. The number of methoxy groups -OCH3 is 3. The molecular weight excluding hydrogens is 644 g/mol. The van der Waals surface area contributed by atoms with Crippen LogP contribution >= 0.6 is 0 Å². The highest BCUT2D eigenvalue weighted by atomic mass is 16.8. The molecular formula is C35H36O14. The summed E-state index contributed by atoms with van der Waals surface area (Å²) in [5.74, 6) is 0.00456. The van der Waals surface area contributed by atoms with Crippen LogP contribution in [0.4, 0.5) is 0 Å². The minimum Gasteiger partial charge on any atom is -0.507 e. The Labute approximate surface area is 280 Å². The summed E-state index contributed by atoms with van der Waals surface area (Å²) in [5.41, 5.74) is 2.48. The smallest absolute Gasteiger partial charge is 0.310 e. The van der Waals surface area contributed by atoms with Crippen LogP contribution < -0.4 is 23.7 Å². The second-order valence-electron chi connectivity index (χ2n) is 12.5. The zero-order valence-electron chi connectivity index (χ0n) is 26.8. The highest BCUT2D eigenvalue weighted by Gasteiger charge is 2.56. The summed E-state index contributed by atoms with van der Waals surface area (Å²) in [5, 5.41) is 33.0. The number of para-hydroxylation sites is 1. The lowest BCUT2D eigenvalue weighted by Gasteiger charge is -2.48. The molecule has 260 valence electrons. The van der Waals surface area contributed by atoms with E-state index in [-0.39, 0.29) is 25.8 Å². The average Bonchev–Trinajstić information content (AvgIpc) is 3.75. The molecule has 8 rings (SSSR count). The third-order valence-electron chi connectivity index (χ3n) is 9.97. The fourth-order valence-electron chi connectivity index (χ4n) is 7.65. The van der Waals surface area contributed by atoms with E-state index in [4.69, 9.17) is 47.4 Å². The lowest BCUT2D eigenvalue weighted by atomic mass is 9.66. The molecule has 3 aromatic rings. The van der Waals surface area contributed by atoms with Crippen molar-refractivity contribution in [2.75, 3.05) is 41.3 Å². The van der Waals surface area contributed by atoms with Crippen molar-refractivity contribution in [3.8, 4) is 34.5 Å². The van der Waals surface area contributed by atoms with Crippen LogP contribution in [0.5, 0.6) is 34.5 Å². The van der Waals surface area contributed by atoms with E-state index in [1.165, 1.54) is 27.4 Å². The van der Waals surface area contributed by atoms with Gasteiger partial charge < -0.3 is 62.7 Å². The van der Waals surface area contributed by atoms with Crippen molar-refractivity contribution in [1.82, 2.24) is 0 Å². The lowest BCUT2D eigenvalue weighted by Crippen LogP contribution is -2.62. The Balaban J connectivity index is 1.14. The number of cyclic esters (lactones) is 1. The van der Waals surface area contributed by atoms with E-state index >= 15 is 0 Å². The van der Waals surface area contributed by atoms with E-state index in [0.717, 1.165) is 0 Å². The molecule has 1 unspecified atom stereocenters. The number of phenols is 1. The van der Waals surface area contributed by atoms with Gasteiger partial charge in [-0.1, -0.05) is 18.2 Å². The number of hydrogen-bond acceptors (Lipinski definition) is 14. The number of aliphatic hydroxyl groups is 2. The largest absolute Gasteiger partial charge is 0.507 e. The maximum Gasteiger partial charge on any atom is 0.310 e. The summed E-state index contributed by atoms with van der Waals surface area (Å²) in [6, 6.07) is 13.8. The van der Waals surface area contributed by atoms with Gasteiger partial charge in [-0.2, -0.15) is 0 Å². The maximum atomic E-state index is 13.6. The second kappa shape index (κ2) is 12.5. The topological polar surface area (TPSA) is 170 Å². The van der Waals surface area contributed by atoms with Gasteiger partial charge in [-0.15, -0.1) is 0 Å². The molecule has 49 heavy (non-hydrogen) atoms. The molecule has 0 aromatic heterocycles. The fourth-order valence-corrected chi connectivity index (χ4v) is 7.65. The van der Waals surface area contributed by atoms with E-state index in [2.05, 4.69) is 0 Å². The number of rotatable bonds is 7. The monoisotopic (exact) mass is 680 g/mol. The number of hydrogen-bond donors (Lipinski definition) is 3. The van der Waals surface area contributed by atoms with Crippen molar-refractivity contribution in [3.63, 3.8) is 0 Å². The highest BCUT2D eigenvalue weighted by Crippen LogP contribution is 2.57. The molecule has 4 heterocycles. The number of aliphatic hydroxyl groups excluding tert-OH is 2. The number of carbonyl (C=O) groups excluding carboxylic acids is 1. The molecule has 10 atom stereocenters. The number of phenolic OH excluding ortho intramolecular Hbond substituents is 1. The van der Waals surface area contributed by atoms with Gasteiger partial charge in [0.05, 0.1) is 46.6 Å². The van der Waals surface area contributed by atoms with Gasteiger partial charge >= 0.3 is 5.97 Å². The van der Waals surface area contributed by atoms with Crippen molar-refractivity contribution in [3.05, 3.63) is 70.8 Å². The Morgan fingerprint density at radius 1 is 0.796 bits per heavy atom. The SMILES string of the molecule is COc1cc([C@@H]2c3cc4c(cc3[C@H](O[C@@H]3O[C@@H]5COC(c6ccccc6O)O[C@H]5[C@H](O)[C@H]3O)[C@H]3COC(=O)[C@H]23)OCO4)cc(OC)c1OC. The zero-order chi connectivity index (χ0) is 34.0. The van der Waals surface area contributed by atoms with Crippen LogP contribution in [0.1, 0.15) is 40.6 Å². The molecule has 0 amide bonds. The van der Waals surface area contributed by atoms with Crippen LogP contribution in [-0.4, -0.2) is 93.3 Å². The molecule has 14 nitrogen and oxygen atoms in total. The van der Waals surface area contributed by atoms with Crippen molar-refractivity contribution in [2.24, 2.45) is 11.8 Å². The van der Waals surface area contributed by atoms with Gasteiger partial charge in [-0.05, 0) is 47.0 Å². The van der Waals surface area contributed by atoms with E-state index < -0.39 is 66.8 Å². The van der Waals surface area contributed by atoms with Gasteiger partial charge in [0, 0.05) is 17.4 Å². The fraction of sp³-hybridized carbons (Fsp3) is 0.457. The third kappa shape index (κ3) is 5.21. The Hall–Kier alpha value is -4.31. The van der Waals surface area contributed by atoms with E-state index in [1.54, 1.807) is 30.3 Å². The Kier molecular flexibility index (Phi) is 8.17. The quantitative estimate of drug-likeness (QED) is 0.311. The summed E-state index contributed by atoms with van der Waals surface area (Å²) in [7, 11) is 4.56. The van der Waals surface area contributed by atoms with Gasteiger partial charge in [-0.3, -0.25) is 4.79 Å². The molecule has 0 spiro atoms. The van der Waals surface area contributed by atoms with Crippen LogP contribution in [0.2, 0.25) is 0 Å². The van der Waals surface area contributed by atoms with Crippen molar-refractivity contribution in [2.45, 2.75) is 49.0 Å². The molecule has 3 fully saturated rings. The molecule has 3 saturated heterocycles. The first-order valence-corrected chi connectivity index (χ1v) is 15.9. The van der Waals surface area contributed by atoms with Crippen molar-refractivity contribution >= 4 is 5.97 Å². The Bertz CT molecular complexity index is 1720. The number of esters is 1. The third-order valence-corrected chi connectivity index (χ3v) is 9.97. The summed E-state index contributed by atoms with van der Waals surface area (Å²) >= 11 is 0. The molecule has 14 heteroatoms. The molecule has 3 N–H and O–H groups in total. The molecule has 5 aliphatic rings. The van der Waals surface area contributed by atoms with Gasteiger partial charge in [0.25, 0.3) is 0 Å². The summed E-state index contributed by atoms with van der Waals surface area (Å²) in [6.07, 6.45) is -7.89. The Morgan fingerprint density at radius 3 is 2.20 bits per heavy atom. The van der Waals surface area contributed by atoms with E-state index in [0.29, 0.717) is 51.0 Å². The first-order chi connectivity index (χ1) is 23.8. The maximum absolute atomic E-state index is 13.6. The number of benzene rings is 3. The van der Waals surface area contributed by atoms with Crippen molar-refractivity contribution in [1.29, 1.82) is 0 Å². The lowest BCUT2D eigenvalue weighted by molar-refractivity contribution is -0.369. The van der Waals surface area contributed by atoms with Crippen LogP contribution in [0.3, 0.4) is 0 Å². The minimum atomic E-state index is -1.54. The number of aromatic hydroxyl groups is 1. The number of ether oxygens (including phenoxy) is 10. The molecule has 0 bridgehead atoms. The van der Waals surface area contributed by atoms with Gasteiger partial charge in [0.2, 0.25) is 12.5 Å². The normalized spacial score (nSPS) is 32.8. The molecule has 0 saturated carbocycles. The van der Waals surface area contributed by atoms with E-state index in [1.807, 2.05) is 12.1 Å². The minimum absolute atomic E-state index is 0.00981. The molecule has 0 radical (unpaired) electrons. The molecule has 3 aromatic carbocycles. The number of carbonyl (C=O) groups is 1. The van der Waals surface area contributed by atoms with Crippen LogP contribution in [-0.2, 0) is 28.5 Å². The van der Waals surface area contributed by atoms with Crippen LogP contribution in [0, 0.1) is 11.8 Å². The molecule has 1 aliphatic carbocycles. The number of fused-ring (bicyclic) bond motifs is 4. The highest BCUT2D eigenvalue weighted by molar-refractivity contribution is 5.79. The van der Waals surface area contributed by atoms with Gasteiger partial charge in [0.15, 0.2) is 35.6 Å². The summed E-state index contributed by atoms with van der Waals surface area (Å²) < 4.78 is 58.6. The first-order valence-electron chi connectivity index (χ1n) is 15.9. The Morgan fingerprint density at radius 2 is 1.51 bits per heavy atom. The van der Waals surface area contributed by atoms with Crippen LogP contribution in [0.25, 0.3) is 0 Å². The van der Waals surface area contributed by atoms with Crippen LogP contribution in [0.15, 0.2) is 48.5 Å². The molecule has 4 aliphatic heterocycles. The van der Waals surface area contributed by atoms with E-state index in [9.17, 15) is 20.1 Å². The first kappa shape index (κ1) is 31.9. The average molecular weight is 681 g/mol. The predicted octanol–water partition coefficient (Wildman–Crippen LogP) is 2.70. The predicted molar refractivity (Wildman–Crippen MR) is 165 cm³/mol. The second-order valence-corrected chi connectivity index (χ2v) is 12.5. The standard InChI is InChI=1S/C35H36O14/c1-40-23-8-15(9-24(41-2)31(23)42-3)26-17-10-21-22(46-14-45-21)11-18(17)30(19-12-43-33(39)27(19)26)48-35-29(38)28(37)32-25(47-35)13-44-34(49-32)16-6-4-5-7-20(16)36/h4-11,19,25-30,32,34-38H,12-14H2,1-3H3/t19-,25+,26+,27-,28+,29+,30-,32+,34?,35-/m0/s1. The summed E-state index contributed by atoms with van der Waals surface area (Å²) in [4.78, 5) is 13.6. The van der Waals surface area contributed by atoms with Gasteiger partial charge in [0.1, 0.15) is 30.2 Å². The summed E-state index contributed by atoms with van der Waals surface area (Å²) in [6.45, 7) is 0.0495. The van der Waals surface area contributed by atoms with Gasteiger partial charge in [-0.25, -0.2) is 0 Å². The van der Waals surface area contributed by atoms with Crippen molar-refractivity contribution < 1.29 is 67.5 Å².